The van der Waals surface area contributed by atoms with Crippen molar-refractivity contribution in [1.29, 1.82) is 0 Å². The van der Waals surface area contributed by atoms with Gasteiger partial charge in [-0.05, 0) is 85.3 Å². The van der Waals surface area contributed by atoms with E-state index in [-0.39, 0.29) is 79.7 Å². The van der Waals surface area contributed by atoms with E-state index in [1.54, 1.807) is 0 Å². The smallest absolute Gasteiger partial charge is 0.744 e. The summed E-state index contributed by atoms with van der Waals surface area (Å²) in [6.45, 7) is 0.500. The second kappa shape index (κ2) is 18.1. The van der Waals surface area contributed by atoms with Crippen molar-refractivity contribution in [2.45, 2.75) is 21.6 Å². The van der Waals surface area contributed by atoms with E-state index in [4.69, 9.17) is 21.9 Å². The summed E-state index contributed by atoms with van der Waals surface area (Å²) >= 11 is 6.12. The van der Waals surface area contributed by atoms with Crippen molar-refractivity contribution in [3.8, 4) is 0 Å². The molecule has 0 unspecified atom stereocenters. The van der Waals surface area contributed by atoms with E-state index >= 15 is 0 Å². The van der Waals surface area contributed by atoms with Crippen LogP contribution in [0.5, 0.6) is 0 Å². The Labute approximate surface area is 374 Å². The van der Waals surface area contributed by atoms with Crippen molar-refractivity contribution < 1.29 is 81.1 Å². The zero-order valence-corrected chi connectivity index (χ0v) is 37.2. The fraction of sp³-hybridized carbons (Fsp3) is 0.100. The Bertz CT molecular complexity index is 3440. The molecular formula is C30H24ClN12NaO14S4. The number of fused-ring (bicyclic) bond motifs is 1. The Morgan fingerprint density at radius 2 is 1.42 bits per heavy atom. The van der Waals surface area contributed by atoms with Crippen LogP contribution >= 0.6 is 11.6 Å². The van der Waals surface area contributed by atoms with Gasteiger partial charge in [-0.3, -0.25) is 23.7 Å². The van der Waals surface area contributed by atoms with Gasteiger partial charge in [0, 0.05) is 5.69 Å². The van der Waals surface area contributed by atoms with Gasteiger partial charge >= 0.3 is 51.1 Å². The number of halogens is 1. The maximum atomic E-state index is 13.4. The summed E-state index contributed by atoms with van der Waals surface area (Å²) in [7, 11) is -18.5. The summed E-state index contributed by atoms with van der Waals surface area (Å²) in [5, 5.41) is 17.8. The monoisotopic (exact) mass is 962 g/mol. The maximum Gasteiger partial charge on any atom is 1.00 e. The fourth-order valence-corrected chi connectivity index (χ4v) is 7.90. The number of nitrogens with one attached hydrogen (secondary N) is 2. The van der Waals surface area contributed by atoms with Gasteiger partial charge in [-0.1, -0.05) is 0 Å². The van der Waals surface area contributed by atoms with Crippen LogP contribution in [0.25, 0.3) is 0 Å². The Hall–Kier alpha value is -5.38. The number of nitrogens with two attached hydrogens (primary N) is 1. The first-order valence-corrected chi connectivity index (χ1v) is 22.5. The molecule has 32 heteroatoms. The van der Waals surface area contributed by atoms with Crippen molar-refractivity contribution in [3.05, 3.63) is 104 Å². The van der Waals surface area contributed by atoms with Crippen molar-refractivity contribution in [2.75, 3.05) is 23.4 Å². The van der Waals surface area contributed by atoms with Crippen LogP contribution in [0.3, 0.4) is 0 Å². The number of azo groups is 2. The number of nitrogen functional groups attached to an aromatic ring is 1. The molecule has 0 amide bonds. The molecule has 0 aliphatic rings. The van der Waals surface area contributed by atoms with Gasteiger partial charge in [0.1, 0.15) is 20.7 Å². The van der Waals surface area contributed by atoms with Crippen LogP contribution in [0.2, 0.25) is 5.28 Å². The molecule has 320 valence electrons. The van der Waals surface area contributed by atoms with Gasteiger partial charge in [-0.25, -0.2) is 30.5 Å². The third kappa shape index (κ3) is 11.0. The minimum absolute atomic E-state index is 0. The quantitative estimate of drug-likeness (QED) is 0.0517. The number of hydrogen-bond acceptors (Lipinski definition) is 21. The minimum atomic E-state index is -4.97. The predicted molar refractivity (Wildman–Crippen MR) is 209 cm³/mol. The van der Waals surface area contributed by atoms with Crippen LogP contribution in [-0.4, -0.2) is 83.7 Å². The number of rotatable bonds is 14. The Morgan fingerprint density at radius 3 is 2.02 bits per heavy atom. The van der Waals surface area contributed by atoms with E-state index in [0.29, 0.717) is 4.52 Å². The number of nitrogens with zero attached hydrogens (tertiary/aromatic N) is 9. The van der Waals surface area contributed by atoms with Gasteiger partial charge in [0.25, 0.3) is 10.1 Å². The number of aromatic nitrogens is 5. The summed E-state index contributed by atoms with van der Waals surface area (Å²) in [5.74, 6) is -1.47. The van der Waals surface area contributed by atoms with Gasteiger partial charge < -0.3 is 15.6 Å². The second-order valence-electron chi connectivity index (χ2n) is 12.0. The van der Waals surface area contributed by atoms with Crippen LogP contribution in [0, 0.1) is 6.92 Å². The third-order valence-electron chi connectivity index (χ3n) is 7.91. The normalized spacial score (nSPS) is 13.0. The molecule has 0 fully saturated rings. The molecule has 3 heterocycles. The average molecular weight is 963 g/mol. The molecule has 0 saturated carbocycles. The summed E-state index contributed by atoms with van der Waals surface area (Å²) in [6.07, 6.45) is 0. The molecule has 6 rings (SSSR count). The summed E-state index contributed by atoms with van der Waals surface area (Å²) in [5.41, 5.74) is 2.60. The first-order chi connectivity index (χ1) is 28.4. The van der Waals surface area contributed by atoms with Crippen molar-refractivity contribution in [2.24, 2.45) is 25.4 Å². The molecule has 6 N–H and O–H groups in total. The van der Waals surface area contributed by atoms with Crippen LogP contribution in [0.1, 0.15) is 5.69 Å². The molecule has 3 aromatic heterocycles. The van der Waals surface area contributed by atoms with E-state index in [9.17, 15) is 52.4 Å². The molecule has 0 aliphatic heterocycles. The van der Waals surface area contributed by atoms with Crippen molar-refractivity contribution in [1.82, 2.24) is 24.0 Å². The van der Waals surface area contributed by atoms with Gasteiger partial charge in [0.15, 0.2) is 27.0 Å². The molecule has 0 radical (unpaired) electrons. The van der Waals surface area contributed by atoms with E-state index in [1.165, 1.54) is 31.2 Å². The zero-order valence-electron chi connectivity index (χ0n) is 31.2. The summed E-state index contributed by atoms with van der Waals surface area (Å²) in [4.78, 5) is 40.1. The topological polar surface area (TPSA) is 394 Å². The molecule has 0 spiro atoms. The Balaban J connectivity index is 0.00000726. The standard InChI is InChI=1S/C30H25ClN12O14S4.Na/c1-15-23(40-38-17-4-9-20(10-5-17)59(48,49)50)26(44)43-25(32)24(27(45)42(15)43)41-39-21-14-18(6-11-22(21)60(51,52)53)34-30-36-28(31)35-29(37-30)33-16-2-7-19(8-3-16)58(46,47)13-12-57-61(54,55)56;/h2-11,14H,12-13,32H2,1H3,(H,48,49,50)(H,51,52,53)(H,54,55,56)(H2,33,34,35,36,37);/q;+1/p-1. The van der Waals surface area contributed by atoms with Gasteiger partial charge in [-0.15, -0.1) is 15.3 Å². The first kappa shape index (κ1) is 47.7. The number of aromatic amines is 1. The van der Waals surface area contributed by atoms with E-state index < -0.39 is 90.9 Å². The molecule has 26 nitrogen and oxygen atoms in total. The SMILES string of the molecule is Cc1c(N=Nc2ccc(S(=O)(=O)[O-])cc2)c(=O)n2c(N)c(N=Nc3cc(N=c4nc(Nc5ccc(S(=O)(=O)CCOS(=O)(=O)O)cc5)nc(Cl)[nH]4)ccc3S(=O)(=O)O)c(=O)n12.[Na+]. The van der Waals surface area contributed by atoms with Crippen molar-refractivity contribution in [3.63, 3.8) is 0 Å². The molecule has 0 aliphatic carbocycles. The number of aryl methyl sites for hydroxylation is 1. The second-order valence-corrected chi connectivity index (χ2v) is 18.3. The fourth-order valence-electron chi connectivity index (χ4n) is 5.18. The number of anilines is 3. The number of sulfone groups is 1. The zero-order chi connectivity index (χ0) is 44.7. The molecular weight excluding hydrogens is 939 g/mol. The Morgan fingerprint density at radius 1 is 0.823 bits per heavy atom. The molecule has 0 bridgehead atoms. The van der Waals surface area contributed by atoms with Gasteiger partial charge in [0.05, 0.1) is 39.2 Å². The van der Waals surface area contributed by atoms with E-state index in [1.807, 2.05) is 0 Å². The molecule has 3 aromatic carbocycles. The van der Waals surface area contributed by atoms with Gasteiger partial charge in [-0.2, -0.15) is 36.4 Å². The largest absolute Gasteiger partial charge is 1.00 e. The summed E-state index contributed by atoms with van der Waals surface area (Å²) < 4.78 is 129. The number of H-pyrrole nitrogens is 1. The summed E-state index contributed by atoms with van der Waals surface area (Å²) in [6, 6.07) is 12.4. The third-order valence-corrected chi connectivity index (χ3v) is 12.0. The molecule has 0 atom stereocenters. The Kier molecular flexibility index (Phi) is 14.0. The average Bonchev–Trinajstić information content (AvgIpc) is 3.56. The van der Waals surface area contributed by atoms with E-state index in [2.05, 4.69) is 49.9 Å². The van der Waals surface area contributed by atoms with Crippen LogP contribution < -0.4 is 57.3 Å². The van der Waals surface area contributed by atoms with Crippen LogP contribution in [0.4, 0.5) is 45.9 Å². The van der Waals surface area contributed by atoms with Crippen molar-refractivity contribution >= 4 is 98.0 Å². The molecule has 6 aromatic rings. The maximum absolute atomic E-state index is 13.4. The number of hydrogen-bond donors (Lipinski definition) is 5. The van der Waals surface area contributed by atoms with Crippen LogP contribution in [-0.2, 0) is 44.7 Å². The minimum Gasteiger partial charge on any atom is -0.744 e. The van der Waals surface area contributed by atoms with Gasteiger partial charge in [0.2, 0.25) is 16.9 Å². The number of benzene rings is 3. The van der Waals surface area contributed by atoms with E-state index in [0.717, 1.165) is 47.0 Å². The van der Waals surface area contributed by atoms with Crippen LogP contribution in [0.15, 0.2) is 116 Å². The predicted octanol–water partition coefficient (Wildman–Crippen LogP) is -0.586. The first-order valence-electron chi connectivity index (χ1n) is 16.2. The molecule has 62 heavy (non-hydrogen) atoms. The molecule has 0 saturated heterocycles.